The van der Waals surface area contributed by atoms with Crippen LogP contribution >= 0.6 is 27.5 Å². The van der Waals surface area contributed by atoms with Crippen LogP contribution in [0.25, 0.3) is 0 Å². The van der Waals surface area contributed by atoms with Gasteiger partial charge in [0, 0.05) is 5.33 Å². The van der Waals surface area contributed by atoms with Crippen molar-refractivity contribution in [3.63, 3.8) is 0 Å². The molecule has 2 nitrogen and oxygen atoms in total. The molecule has 0 aliphatic rings. The lowest BCUT2D eigenvalue weighted by Gasteiger charge is -2.02. The van der Waals surface area contributed by atoms with Gasteiger partial charge in [-0.05, 0) is 17.7 Å². The quantitative estimate of drug-likeness (QED) is 0.836. The molecule has 5 heteroatoms. The fourth-order valence-corrected chi connectivity index (χ4v) is 1.52. The minimum Gasteiger partial charge on any atom is -0.478 e. The topological polar surface area (TPSA) is 37.3 Å². The lowest BCUT2D eigenvalue weighted by Crippen LogP contribution is -2.00. The number of carboxylic acids is 1. The first-order chi connectivity index (χ1) is 6.06. The zero-order chi connectivity index (χ0) is 10.0. The van der Waals surface area contributed by atoms with Gasteiger partial charge in [0.25, 0.3) is 0 Å². The van der Waals surface area contributed by atoms with Crippen LogP contribution < -0.4 is 0 Å². The predicted molar refractivity (Wildman–Crippen MR) is 51.0 cm³/mol. The Bertz CT molecular complexity index is 354. The zero-order valence-corrected chi connectivity index (χ0v) is 8.69. The van der Waals surface area contributed by atoms with Crippen LogP contribution in [0.1, 0.15) is 15.9 Å². The van der Waals surface area contributed by atoms with Crippen molar-refractivity contribution < 1.29 is 14.3 Å². The second-order valence-electron chi connectivity index (χ2n) is 2.36. The molecule has 0 aliphatic carbocycles. The van der Waals surface area contributed by atoms with Crippen LogP contribution in [0, 0.1) is 5.82 Å². The first-order valence-electron chi connectivity index (χ1n) is 3.33. The highest BCUT2D eigenvalue weighted by atomic mass is 79.9. The van der Waals surface area contributed by atoms with Crippen molar-refractivity contribution >= 4 is 33.5 Å². The van der Waals surface area contributed by atoms with E-state index >= 15 is 0 Å². The molecule has 0 spiro atoms. The second-order valence-corrected chi connectivity index (χ2v) is 3.33. The lowest BCUT2D eigenvalue weighted by atomic mass is 10.1. The Balaban J connectivity index is 3.30. The molecule has 0 amide bonds. The van der Waals surface area contributed by atoms with E-state index in [2.05, 4.69) is 15.9 Å². The average molecular weight is 267 g/mol. The molecule has 0 heterocycles. The third-order valence-corrected chi connectivity index (χ3v) is 2.43. The van der Waals surface area contributed by atoms with E-state index in [1.54, 1.807) is 0 Å². The molecule has 0 atom stereocenters. The van der Waals surface area contributed by atoms with Crippen molar-refractivity contribution in [1.29, 1.82) is 0 Å². The van der Waals surface area contributed by atoms with Gasteiger partial charge in [-0.3, -0.25) is 0 Å². The molecule has 0 fully saturated rings. The molecule has 1 rings (SSSR count). The number of carboxylic acid groups (broad SMARTS) is 1. The molecule has 0 saturated heterocycles. The van der Waals surface area contributed by atoms with Gasteiger partial charge in [-0.25, -0.2) is 9.18 Å². The Hall–Kier alpha value is -0.610. The zero-order valence-electron chi connectivity index (χ0n) is 6.35. The van der Waals surface area contributed by atoms with E-state index in [0.717, 1.165) is 6.07 Å². The smallest absolute Gasteiger partial charge is 0.337 e. The third-order valence-electron chi connectivity index (χ3n) is 1.51. The fraction of sp³-hybridized carbons (Fsp3) is 0.125. The van der Waals surface area contributed by atoms with Gasteiger partial charge in [-0.15, -0.1) is 0 Å². The molecular formula is C8H5BrClFO2. The summed E-state index contributed by atoms with van der Waals surface area (Å²) in [6.45, 7) is 0. The summed E-state index contributed by atoms with van der Waals surface area (Å²) in [5, 5.41) is 8.83. The first kappa shape index (κ1) is 10.5. The van der Waals surface area contributed by atoms with Crippen LogP contribution in [-0.2, 0) is 5.33 Å². The highest BCUT2D eigenvalue weighted by Crippen LogP contribution is 2.22. The Kier molecular flexibility index (Phi) is 3.27. The highest BCUT2D eigenvalue weighted by Gasteiger charge is 2.12. The standard InChI is InChI=1S/C8H5BrClFO2/c9-3-4-1-5(8(12)13)6(10)2-7(4)11/h1-2H,3H2,(H,12,13). The number of hydrogen-bond donors (Lipinski definition) is 1. The largest absolute Gasteiger partial charge is 0.478 e. The highest BCUT2D eigenvalue weighted by molar-refractivity contribution is 9.08. The van der Waals surface area contributed by atoms with Crippen molar-refractivity contribution in [2.75, 3.05) is 0 Å². The van der Waals surface area contributed by atoms with Gasteiger partial charge < -0.3 is 5.11 Å². The summed E-state index contributed by atoms with van der Waals surface area (Å²) in [7, 11) is 0. The molecule has 70 valence electrons. The third kappa shape index (κ3) is 2.19. The van der Waals surface area contributed by atoms with Crippen molar-refractivity contribution in [2.45, 2.75) is 5.33 Å². The van der Waals surface area contributed by atoms with Crippen LogP contribution in [0.2, 0.25) is 5.02 Å². The lowest BCUT2D eigenvalue weighted by molar-refractivity contribution is 0.0697. The first-order valence-corrected chi connectivity index (χ1v) is 4.83. The van der Waals surface area contributed by atoms with Gasteiger partial charge in [-0.1, -0.05) is 27.5 Å². The second kappa shape index (κ2) is 4.07. The molecule has 1 aromatic carbocycles. The Labute approximate surface area is 87.5 Å². The number of rotatable bonds is 2. The Morgan fingerprint density at radius 1 is 1.62 bits per heavy atom. The number of alkyl halides is 1. The Morgan fingerprint density at radius 2 is 2.23 bits per heavy atom. The maximum absolute atomic E-state index is 13.0. The summed E-state index contributed by atoms with van der Waals surface area (Å²) in [5.74, 6) is -1.67. The van der Waals surface area contributed by atoms with Gasteiger partial charge in [0.1, 0.15) is 5.82 Å². The van der Waals surface area contributed by atoms with Gasteiger partial charge in [-0.2, -0.15) is 0 Å². The van der Waals surface area contributed by atoms with Gasteiger partial charge in [0.2, 0.25) is 0 Å². The molecule has 0 aromatic heterocycles. The van der Waals surface area contributed by atoms with Crippen molar-refractivity contribution in [2.24, 2.45) is 0 Å². The molecule has 0 saturated carbocycles. The van der Waals surface area contributed by atoms with Crippen LogP contribution in [0.3, 0.4) is 0 Å². The minimum absolute atomic E-state index is 0.0856. The average Bonchev–Trinajstić information content (AvgIpc) is 2.03. The number of benzene rings is 1. The molecule has 0 unspecified atom stereocenters. The van der Waals surface area contributed by atoms with Crippen LogP contribution in [0.15, 0.2) is 12.1 Å². The van der Waals surface area contributed by atoms with Crippen molar-refractivity contribution in [1.82, 2.24) is 0 Å². The molecule has 0 aliphatic heterocycles. The normalized spacial score (nSPS) is 10.1. The SMILES string of the molecule is O=C(O)c1cc(CBr)c(F)cc1Cl. The van der Waals surface area contributed by atoms with E-state index in [1.807, 2.05) is 0 Å². The number of aromatic carboxylic acids is 1. The number of carbonyl (C=O) groups is 1. The van der Waals surface area contributed by atoms with Crippen molar-refractivity contribution in [3.8, 4) is 0 Å². The monoisotopic (exact) mass is 266 g/mol. The van der Waals surface area contributed by atoms with E-state index in [-0.39, 0.29) is 21.5 Å². The summed E-state index contributed by atoms with van der Waals surface area (Å²) < 4.78 is 13.0. The minimum atomic E-state index is -1.16. The summed E-state index contributed by atoms with van der Waals surface area (Å²) in [5.41, 5.74) is 0.194. The van der Waals surface area contributed by atoms with E-state index in [1.165, 1.54) is 6.07 Å². The summed E-state index contributed by atoms with van der Waals surface area (Å²) in [6, 6.07) is 2.22. The maximum Gasteiger partial charge on any atom is 0.337 e. The molecule has 0 bridgehead atoms. The van der Waals surface area contributed by atoms with Crippen LogP contribution in [0.4, 0.5) is 4.39 Å². The van der Waals surface area contributed by atoms with Crippen molar-refractivity contribution in [3.05, 3.63) is 34.1 Å². The molecule has 0 radical (unpaired) electrons. The predicted octanol–water partition coefficient (Wildman–Crippen LogP) is 3.07. The summed E-state index contributed by atoms with van der Waals surface area (Å²) >= 11 is 8.56. The molecular weight excluding hydrogens is 262 g/mol. The van der Waals surface area contributed by atoms with E-state index < -0.39 is 11.8 Å². The fourth-order valence-electron chi connectivity index (χ4n) is 0.860. The van der Waals surface area contributed by atoms with Gasteiger partial charge in [0.15, 0.2) is 0 Å². The number of halogens is 3. The number of hydrogen-bond acceptors (Lipinski definition) is 1. The van der Waals surface area contributed by atoms with Gasteiger partial charge >= 0.3 is 5.97 Å². The molecule has 13 heavy (non-hydrogen) atoms. The maximum atomic E-state index is 13.0. The molecule has 1 N–H and O–H groups in total. The Morgan fingerprint density at radius 3 is 2.69 bits per heavy atom. The van der Waals surface area contributed by atoms with Crippen LogP contribution in [-0.4, -0.2) is 11.1 Å². The molecule has 1 aromatic rings. The van der Waals surface area contributed by atoms with E-state index in [0.29, 0.717) is 0 Å². The van der Waals surface area contributed by atoms with Gasteiger partial charge in [0.05, 0.1) is 10.6 Å². The summed E-state index contributed by atoms with van der Waals surface area (Å²) in [4.78, 5) is 10.6. The van der Waals surface area contributed by atoms with E-state index in [9.17, 15) is 9.18 Å². The van der Waals surface area contributed by atoms with E-state index in [4.69, 9.17) is 16.7 Å². The summed E-state index contributed by atoms with van der Waals surface area (Å²) in [6.07, 6.45) is 0. The van der Waals surface area contributed by atoms with Crippen LogP contribution in [0.5, 0.6) is 0 Å².